The maximum absolute atomic E-state index is 13.3. The molecule has 3 N–H and O–H groups in total. The van der Waals surface area contributed by atoms with Crippen LogP contribution in [0.4, 0.5) is 5.69 Å². The van der Waals surface area contributed by atoms with Crippen LogP contribution in [0, 0.1) is 29.6 Å². The molecule has 6 nitrogen and oxygen atoms in total. The van der Waals surface area contributed by atoms with Gasteiger partial charge in [-0.15, -0.1) is 0 Å². The second kappa shape index (κ2) is 7.44. The van der Waals surface area contributed by atoms with Gasteiger partial charge in [-0.05, 0) is 67.2 Å². The summed E-state index contributed by atoms with van der Waals surface area (Å²) in [5, 5.41) is 23.0. The molecule has 3 aliphatic carbocycles. The van der Waals surface area contributed by atoms with Crippen molar-refractivity contribution in [2.75, 3.05) is 5.32 Å². The number of ketones is 1. The smallest absolute Gasteiger partial charge is 0.224 e. The predicted molar refractivity (Wildman–Crippen MR) is 131 cm³/mol. The van der Waals surface area contributed by atoms with Crippen molar-refractivity contribution in [1.29, 1.82) is 0 Å². The lowest BCUT2D eigenvalue weighted by Gasteiger charge is -2.55. The van der Waals surface area contributed by atoms with E-state index in [1.165, 1.54) is 11.6 Å². The van der Waals surface area contributed by atoms with Gasteiger partial charge in [0, 0.05) is 17.8 Å². The SMILES string of the molecule is Cc1ccc(O)c(NC(=O)CCC2(C)C(=O)C=CC34CC5CC(OC5(c5ccccc5)C3)C42)c1O. The highest BCUT2D eigenvalue weighted by molar-refractivity contribution is 5.98. The van der Waals surface area contributed by atoms with E-state index < -0.39 is 5.41 Å². The minimum absolute atomic E-state index is 0.0118. The standard InChI is InChI=1S/C29H31NO5/c1-17-8-9-20(31)24(25(17)34)30-23(33)11-12-27(2)22(32)10-13-28-15-19-14-21(26(27)28)35-29(19,16-28)18-6-4-3-5-7-18/h3-10,13,19,21,26,31,34H,11-12,14-16H2,1-2H3,(H,30,33). The van der Waals surface area contributed by atoms with Crippen LogP contribution in [0.3, 0.4) is 0 Å². The molecule has 0 aromatic heterocycles. The second-order valence-electron chi connectivity index (χ2n) is 11.2. The Morgan fingerprint density at radius 3 is 2.71 bits per heavy atom. The van der Waals surface area contributed by atoms with Gasteiger partial charge in [0.25, 0.3) is 0 Å². The summed E-state index contributed by atoms with van der Waals surface area (Å²) < 4.78 is 6.83. The maximum Gasteiger partial charge on any atom is 0.224 e. The maximum atomic E-state index is 13.3. The number of phenols is 2. The van der Waals surface area contributed by atoms with Crippen LogP contribution in [-0.2, 0) is 19.9 Å². The van der Waals surface area contributed by atoms with Gasteiger partial charge in [-0.25, -0.2) is 0 Å². The monoisotopic (exact) mass is 473 g/mol. The number of anilines is 1. The number of carbonyl (C=O) groups excluding carboxylic acids is 2. The van der Waals surface area contributed by atoms with Crippen LogP contribution in [0.2, 0.25) is 0 Å². The van der Waals surface area contributed by atoms with Gasteiger partial charge >= 0.3 is 0 Å². The summed E-state index contributed by atoms with van der Waals surface area (Å²) in [6.07, 6.45) is 7.17. The molecule has 0 radical (unpaired) electrons. The first-order chi connectivity index (χ1) is 16.7. The Morgan fingerprint density at radius 1 is 1.17 bits per heavy atom. The van der Waals surface area contributed by atoms with Crippen molar-refractivity contribution in [2.24, 2.45) is 22.7 Å². The Kier molecular flexibility index (Phi) is 4.75. The fraction of sp³-hybridized carbons (Fsp3) is 0.448. The van der Waals surface area contributed by atoms with E-state index >= 15 is 0 Å². The molecule has 1 spiro atoms. The molecule has 5 aliphatic rings. The van der Waals surface area contributed by atoms with Crippen LogP contribution < -0.4 is 5.32 Å². The van der Waals surface area contributed by atoms with Gasteiger partial charge in [-0.2, -0.15) is 0 Å². The van der Waals surface area contributed by atoms with Gasteiger partial charge < -0.3 is 20.3 Å². The molecular formula is C29H31NO5. The molecule has 2 aromatic carbocycles. The van der Waals surface area contributed by atoms with Crippen LogP contribution in [0.5, 0.6) is 11.5 Å². The van der Waals surface area contributed by atoms with Gasteiger partial charge in [0.2, 0.25) is 5.91 Å². The number of nitrogens with one attached hydrogen (secondary N) is 1. The Bertz CT molecular complexity index is 1260. The topological polar surface area (TPSA) is 95.9 Å². The van der Waals surface area contributed by atoms with Crippen LogP contribution >= 0.6 is 0 Å². The van der Waals surface area contributed by atoms with Crippen molar-refractivity contribution in [3.8, 4) is 11.5 Å². The molecule has 6 unspecified atom stereocenters. The quantitative estimate of drug-likeness (QED) is 0.532. The molecule has 7 rings (SSSR count). The van der Waals surface area contributed by atoms with Gasteiger partial charge in [-0.1, -0.05) is 49.4 Å². The lowest BCUT2D eigenvalue weighted by molar-refractivity contribution is -0.176. The predicted octanol–water partition coefficient (Wildman–Crippen LogP) is 4.98. The molecule has 6 atom stereocenters. The lowest BCUT2D eigenvalue weighted by Crippen LogP contribution is -2.56. The molecule has 35 heavy (non-hydrogen) atoms. The number of aryl methyl sites for hydroxylation is 1. The van der Waals surface area contributed by atoms with E-state index in [9.17, 15) is 19.8 Å². The van der Waals surface area contributed by atoms with Crippen LogP contribution in [0.1, 0.15) is 50.2 Å². The summed E-state index contributed by atoms with van der Waals surface area (Å²) in [4.78, 5) is 26.2. The first-order valence-corrected chi connectivity index (χ1v) is 12.5. The van der Waals surface area contributed by atoms with Crippen LogP contribution in [0.25, 0.3) is 0 Å². The van der Waals surface area contributed by atoms with Gasteiger partial charge in [0.05, 0.1) is 11.7 Å². The van der Waals surface area contributed by atoms with E-state index in [0.29, 0.717) is 17.9 Å². The number of hydrogen-bond acceptors (Lipinski definition) is 5. The van der Waals surface area contributed by atoms with Crippen molar-refractivity contribution < 1.29 is 24.5 Å². The zero-order chi connectivity index (χ0) is 24.6. The Labute approximate surface area is 205 Å². The lowest BCUT2D eigenvalue weighted by atomic mass is 9.51. The third kappa shape index (κ3) is 3.05. The van der Waals surface area contributed by atoms with Crippen molar-refractivity contribution >= 4 is 17.4 Å². The minimum atomic E-state index is -0.717. The summed E-state index contributed by atoms with van der Waals surface area (Å²) in [6, 6.07) is 13.5. The van der Waals surface area contributed by atoms with E-state index in [2.05, 4.69) is 35.7 Å². The summed E-state index contributed by atoms with van der Waals surface area (Å²) in [5.41, 5.74) is 0.692. The van der Waals surface area contributed by atoms with Crippen LogP contribution in [0.15, 0.2) is 54.6 Å². The Hall–Kier alpha value is -3.12. The number of phenolic OH excluding ortho intramolecular Hbond substituents is 2. The molecular weight excluding hydrogens is 442 g/mol. The largest absolute Gasteiger partial charge is 0.506 e. The molecule has 6 heteroatoms. The zero-order valence-corrected chi connectivity index (χ0v) is 20.1. The fourth-order valence-corrected chi connectivity index (χ4v) is 7.80. The van der Waals surface area contributed by atoms with Crippen molar-refractivity contribution in [2.45, 2.75) is 57.7 Å². The highest BCUT2D eigenvalue weighted by Gasteiger charge is 2.73. The minimum Gasteiger partial charge on any atom is -0.506 e. The number of ether oxygens (including phenoxy) is 1. The summed E-state index contributed by atoms with van der Waals surface area (Å²) in [6.45, 7) is 3.69. The average Bonchev–Trinajstić information content (AvgIpc) is 3.26. The van der Waals surface area contributed by atoms with E-state index in [-0.39, 0.29) is 58.3 Å². The molecule has 2 aromatic rings. The van der Waals surface area contributed by atoms with Crippen molar-refractivity contribution in [3.05, 3.63) is 65.7 Å². The zero-order valence-electron chi connectivity index (χ0n) is 20.1. The van der Waals surface area contributed by atoms with Gasteiger partial charge in [0.1, 0.15) is 17.2 Å². The second-order valence-corrected chi connectivity index (χ2v) is 11.2. The first kappa shape index (κ1) is 22.4. The molecule has 2 heterocycles. The highest BCUT2D eigenvalue weighted by atomic mass is 16.5. The molecule has 1 amide bonds. The van der Waals surface area contributed by atoms with E-state index in [1.54, 1.807) is 19.1 Å². The summed E-state index contributed by atoms with van der Waals surface area (Å²) in [5.74, 6) is -0.168. The van der Waals surface area contributed by atoms with Crippen LogP contribution in [-0.4, -0.2) is 28.0 Å². The van der Waals surface area contributed by atoms with Gasteiger partial charge in [-0.3, -0.25) is 9.59 Å². The van der Waals surface area contributed by atoms with E-state index in [4.69, 9.17) is 4.74 Å². The van der Waals surface area contributed by atoms with E-state index in [0.717, 1.165) is 19.3 Å². The molecule has 4 fully saturated rings. The molecule has 2 saturated heterocycles. The molecule has 2 aliphatic heterocycles. The highest BCUT2D eigenvalue weighted by Crippen LogP contribution is 2.74. The third-order valence-electron chi connectivity index (χ3n) is 9.32. The Balaban J connectivity index is 1.25. The van der Waals surface area contributed by atoms with Crippen molar-refractivity contribution in [3.63, 3.8) is 0 Å². The summed E-state index contributed by atoms with van der Waals surface area (Å²) in [7, 11) is 0. The molecule has 182 valence electrons. The average molecular weight is 474 g/mol. The molecule has 2 saturated carbocycles. The number of benzene rings is 2. The number of aromatic hydroxyl groups is 2. The first-order valence-electron chi connectivity index (χ1n) is 12.5. The number of rotatable bonds is 5. The fourth-order valence-electron chi connectivity index (χ4n) is 7.80. The number of amides is 1. The Morgan fingerprint density at radius 2 is 1.94 bits per heavy atom. The normalized spacial score (nSPS) is 36.4. The van der Waals surface area contributed by atoms with E-state index in [1.807, 2.05) is 13.0 Å². The summed E-state index contributed by atoms with van der Waals surface area (Å²) >= 11 is 0. The van der Waals surface area contributed by atoms with Gasteiger partial charge in [0.15, 0.2) is 5.78 Å². The number of carbonyl (C=O) groups is 2. The molecule has 4 bridgehead atoms. The third-order valence-corrected chi connectivity index (χ3v) is 9.32. The number of hydrogen-bond donors (Lipinski definition) is 3. The van der Waals surface area contributed by atoms with Crippen molar-refractivity contribution in [1.82, 2.24) is 0 Å². The number of allylic oxidation sites excluding steroid dienone is 2.